The van der Waals surface area contributed by atoms with Crippen LogP contribution < -0.4 is 54.0 Å². The number of carbonyl (C=O) groups is 8. The Bertz CT molecular complexity index is 5000. The molecule has 2 aliphatic rings. The molecule has 2 saturated heterocycles. The Hall–Kier alpha value is -10.1. The highest BCUT2D eigenvalue weighted by Crippen LogP contribution is 2.34. The Labute approximate surface area is 743 Å². The average Bonchev–Trinajstić information content (AvgIpc) is 1.61. The highest BCUT2D eigenvalue weighted by Gasteiger charge is 2.43. The minimum Gasteiger partial charge on any atom is -0.768 e. The molecule has 0 bridgehead atoms. The number of carbonyl (C=O) groups excluding carboxylic acids is 8. The molecule has 8 heterocycles. The van der Waals surface area contributed by atoms with E-state index in [9.17, 15) is 65.5 Å². The number of pyridine rings is 4. The van der Waals surface area contributed by atoms with Gasteiger partial charge in [0.05, 0.1) is 76.4 Å². The third-order valence-electron chi connectivity index (χ3n) is 18.6. The van der Waals surface area contributed by atoms with E-state index in [1.165, 1.54) is 56.8 Å². The van der Waals surface area contributed by atoms with Gasteiger partial charge in [-0.1, -0.05) is 24.3 Å². The molecule has 2 fully saturated rings. The monoisotopic (exact) mass is 1820 g/mol. The molecule has 42 heteroatoms. The standard InChI is InChI=1S/C74H104N14O18S2.2C5H5NO2S/c1-71(2,3)105-67(95)53(82-65(93)61-73(7,8)107-47-80-61)43-49-17-21-51(22-18-49)86-63-55(15-11-27-78-63)85(69(86)97)45-59(91)77-31-36-103-40-39-101-34-25-57(89)75-29-13-32-99-37-38-100-33-14-30-76-58(90)26-35-102-41-42-104-46-60(92)84-88-56-16-12-28-79-64(56)87(70(88)98)52-23-19-50(20-24-52)44-54(68(96)106-72(4,5)6)83-66(94)62-74(9,10)108-48-81-62;2*7-9(8)5-2-1-3-6-4-5/h11-12,15-24,27-28,53-54,61-62,80-81H,13-14,25-26,29-48H2,1-10H3,(H,75,89)(H,76,90)(H,77,91)(H,82,93)(H,83,94)(H,84,92);2*1-4H,(H,7,8)/p-2/t53-,54-,61+,62+;;/m0../s1. The molecule has 6 atom stereocenters. The van der Waals surface area contributed by atoms with E-state index in [-0.39, 0.29) is 140 Å². The molecule has 6 amide bonds. The van der Waals surface area contributed by atoms with Crippen molar-refractivity contribution in [1.29, 1.82) is 0 Å². The lowest BCUT2D eigenvalue weighted by atomic mass is 10.0. The van der Waals surface area contributed by atoms with Crippen LogP contribution in [0.4, 0.5) is 0 Å². The molecule has 0 spiro atoms. The van der Waals surface area contributed by atoms with Gasteiger partial charge in [-0.05, 0) is 188 Å². The molecule has 8 N–H and O–H groups in total. The normalized spacial score (nSPS) is 15.6. The number of imidazole rings is 2. The molecule has 38 nitrogen and oxygen atoms in total. The van der Waals surface area contributed by atoms with Crippen molar-refractivity contribution >= 4 is 115 Å². The Morgan fingerprint density at radius 2 is 0.905 bits per heavy atom. The van der Waals surface area contributed by atoms with Crippen LogP contribution in [0.5, 0.6) is 0 Å². The van der Waals surface area contributed by atoms with Crippen LogP contribution in [-0.4, -0.2) is 259 Å². The first kappa shape index (κ1) is 101. The number of amides is 6. The average molecular weight is 1830 g/mol. The maximum atomic E-state index is 13.9. The van der Waals surface area contributed by atoms with Gasteiger partial charge in [0.1, 0.15) is 54.0 Å². The fraction of sp³-hybridized carbons (Fsp3) is 0.500. The van der Waals surface area contributed by atoms with Gasteiger partial charge >= 0.3 is 23.3 Å². The van der Waals surface area contributed by atoms with Gasteiger partial charge in [0.25, 0.3) is 5.91 Å². The van der Waals surface area contributed by atoms with E-state index in [2.05, 4.69) is 62.6 Å². The zero-order valence-electron chi connectivity index (χ0n) is 72.2. The van der Waals surface area contributed by atoms with E-state index in [4.69, 9.17) is 37.9 Å². The van der Waals surface area contributed by atoms with Crippen molar-refractivity contribution in [2.24, 2.45) is 0 Å². The van der Waals surface area contributed by atoms with Crippen molar-refractivity contribution in [1.82, 2.24) is 75.5 Å². The molecule has 6 aromatic heterocycles. The maximum absolute atomic E-state index is 13.9. The lowest BCUT2D eigenvalue weighted by Crippen LogP contribution is -2.55. The minimum atomic E-state index is -2.14. The van der Waals surface area contributed by atoms with Crippen molar-refractivity contribution in [3.05, 3.63) is 166 Å². The molecule has 686 valence electrons. The van der Waals surface area contributed by atoms with Crippen molar-refractivity contribution < 1.29 is 93.8 Å². The Kier molecular flexibility index (Phi) is 40.6. The van der Waals surface area contributed by atoms with Crippen molar-refractivity contribution in [3.8, 4) is 11.4 Å². The molecule has 2 aromatic carbocycles. The van der Waals surface area contributed by atoms with E-state index in [1.807, 2.05) is 27.7 Å². The van der Waals surface area contributed by atoms with Crippen molar-refractivity contribution in [3.63, 3.8) is 0 Å². The summed E-state index contributed by atoms with van der Waals surface area (Å²) in [5, 5.41) is 20.7. The molecule has 0 saturated carbocycles. The van der Waals surface area contributed by atoms with Crippen LogP contribution in [0, 0.1) is 0 Å². The number of hydrogen-bond acceptors (Lipinski definition) is 30. The van der Waals surface area contributed by atoms with Gasteiger partial charge in [0.15, 0.2) is 11.3 Å². The number of nitrogens with one attached hydrogen (secondary N) is 8. The smallest absolute Gasteiger partial charge is 0.354 e. The second-order valence-electron chi connectivity index (χ2n) is 31.6. The van der Waals surface area contributed by atoms with Crippen LogP contribution in [-0.2, 0) is 118 Å². The number of thioether (sulfide) groups is 2. The summed E-state index contributed by atoms with van der Waals surface area (Å²) in [6.07, 6.45) is 10.5. The quantitative estimate of drug-likeness (QED) is 0.0153. The number of benzene rings is 2. The van der Waals surface area contributed by atoms with E-state index in [1.54, 1.807) is 156 Å². The summed E-state index contributed by atoms with van der Waals surface area (Å²) in [6.45, 7) is 21.6. The molecule has 0 aliphatic carbocycles. The number of rotatable bonds is 45. The van der Waals surface area contributed by atoms with Gasteiger partial charge in [0, 0.05) is 127 Å². The van der Waals surface area contributed by atoms with Crippen LogP contribution >= 0.6 is 23.5 Å². The first-order chi connectivity index (χ1) is 60.1. The topological polar surface area (TPSA) is 492 Å². The summed E-state index contributed by atoms with van der Waals surface area (Å²) in [4.78, 5) is 149. The molecule has 0 radical (unpaired) electrons. The van der Waals surface area contributed by atoms with Gasteiger partial charge in [0.2, 0.25) is 29.5 Å². The molecule has 2 aliphatic heterocycles. The zero-order valence-corrected chi connectivity index (χ0v) is 75.4. The predicted octanol–water partition coefficient (Wildman–Crippen LogP) is 3.73. The van der Waals surface area contributed by atoms with E-state index >= 15 is 0 Å². The Balaban J connectivity index is 0.000000967. The summed E-state index contributed by atoms with van der Waals surface area (Å²) >= 11 is -1.04. The number of hydrogen-bond donors (Lipinski definition) is 8. The third kappa shape index (κ3) is 33.3. The van der Waals surface area contributed by atoms with E-state index in [0.717, 1.165) is 4.68 Å². The van der Waals surface area contributed by atoms with E-state index in [0.29, 0.717) is 103 Å². The molecular weight excluding hydrogens is 1710 g/mol. The SMILES string of the molecule is CC(C)(C)OC(=O)[C@H](Cc1ccc(-n2c(=O)n(CC(=O)NCCOCCOCCC(=O)NCCCOCCOCCCNC(=O)CCOCCOCC(=O)Nn3c(=O)n(-c4ccc(C[C@H](NC(=O)[C@H]5NCSC5(C)C)C(=O)OC(C)(C)C)cc4)c4ncccc43)c3cccnc32)cc1)NC(=O)[C@H]1NCSC1(C)C.O=S([O-])c1cccnc1.O=S([O-])c1cccnc1. The molecule has 2 unspecified atom stereocenters. The first-order valence-corrected chi connectivity index (χ1v) is 44.9. The summed E-state index contributed by atoms with van der Waals surface area (Å²) in [7, 11) is 0. The largest absolute Gasteiger partial charge is 0.768 e. The number of nitrogens with zero attached hydrogens (tertiary/aromatic N) is 8. The van der Waals surface area contributed by atoms with Gasteiger partial charge < -0.3 is 73.6 Å². The fourth-order valence-electron chi connectivity index (χ4n) is 12.5. The van der Waals surface area contributed by atoms with Gasteiger partial charge in [-0.15, -0.1) is 23.5 Å². The second kappa shape index (κ2) is 50.5. The van der Waals surface area contributed by atoms with Crippen LogP contribution in [0.25, 0.3) is 33.7 Å². The van der Waals surface area contributed by atoms with Crippen LogP contribution in [0.2, 0.25) is 0 Å². The van der Waals surface area contributed by atoms with Gasteiger partial charge in [-0.2, -0.15) is 4.68 Å². The molecule has 126 heavy (non-hydrogen) atoms. The maximum Gasteiger partial charge on any atom is 0.354 e. The lowest BCUT2D eigenvalue weighted by molar-refractivity contribution is -0.159. The van der Waals surface area contributed by atoms with Gasteiger partial charge in [-0.25, -0.2) is 38.3 Å². The highest BCUT2D eigenvalue weighted by molar-refractivity contribution is 8.01. The van der Waals surface area contributed by atoms with Crippen molar-refractivity contribution in [2.45, 2.75) is 169 Å². The highest BCUT2D eigenvalue weighted by atomic mass is 32.2. The second-order valence-corrected chi connectivity index (χ2v) is 36.7. The number of ether oxygens (including phenoxy) is 8. The minimum absolute atomic E-state index is 0.0517. The third-order valence-corrected chi connectivity index (χ3v) is 22.4. The molecule has 10 rings (SSSR count). The molecule has 8 aromatic rings. The Morgan fingerprint density at radius 1 is 0.500 bits per heavy atom. The summed E-state index contributed by atoms with van der Waals surface area (Å²) in [5.41, 5.74) is 3.73. The predicted molar refractivity (Wildman–Crippen MR) is 470 cm³/mol. The summed E-state index contributed by atoms with van der Waals surface area (Å²) < 4.78 is 89.8. The van der Waals surface area contributed by atoms with E-state index < -0.39 is 92.7 Å². The van der Waals surface area contributed by atoms with Gasteiger partial charge in [-0.3, -0.25) is 67.8 Å². The van der Waals surface area contributed by atoms with Crippen molar-refractivity contribution in [2.75, 3.05) is 116 Å². The van der Waals surface area contributed by atoms with Crippen LogP contribution in [0.1, 0.15) is 106 Å². The molecular formula is C84H112N16O22S4-2. The zero-order chi connectivity index (χ0) is 91.4. The number of fused-ring (bicyclic) bond motifs is 2. The number of aromatic nitrogens is 8. The number of esters is 2. The first-order valence-electron chi connectivity index (χ1n) is 40.8. The fourth-order valence-corrected chi connectivity index (χ4v) is 15.1. The Morgan fingerprint density at radius 3 is 1.32 bits per heavy atom. The lowest BCUT2D eigenvalue weighted by Gasteiger charge is -2.28. The van der Waals surface area contributed by atoms with Crippen LogP contribution in [0.15, 0.2) is 154 Å². The van der Waals surface area contributed by atoms with Crippen LogP contribution in [0.3, 0.4) is 0 Å². The summed E-state index contributed by atoms with van der Waals surface area (Å²) in [5.74, 6) is -1.89. The summed E-state index contributed by atoms with van der Waals surface area (Å²) in [6, 6.07) is 23.7.